The van der Waals surface area contributed by atoms with Crippen LogP contribution in [0.3, 0.4) is 0 Å². The average molecular weight is 254 g/mol. The Balaban J connectivity index is 2.31. The molecule has 0 saturated heterocycles. The van der Waals surface area contributed by atoms with Crippen molar-refractivity contribution in [3.63, 3.8) is 0 Å². The van der Waals surface area contributed by atoms with E-state index in [9.17, 15) is 0 Å². The Labute approximate surface area is 94.2 Å². The minimum atomic E-state index is 0.683. The summed E-state index contributed by atoms with van der Waals surface area (Å²) in [5.41, 5.74) is 2.94. The highest BCUT2D eigenvalue weighted by atomic mass is 79.9. The van der Waals surface area contributed by atoms with Gasteiger partial charge in [-0.15, -0.1) is 0 Å². The summed E-state index contributed by atoms with van der Waals surface area (Å²) in [6, 6.07) is 9.46. The fourth-order valence-electron chi connectivity index (χ4n) is 2.19. The standard InChI is InChI=1S/C12H16BrN/c1-10-6-7-11-4-2-3-5-12(11)14(10)9-8-13/h2-5,10H,6-9H2,1H3. The normalized spacial score (nSPS) is 20.7. The number of rotatable bonds is 2. The number of para-hydroxylation sites is 1. The largest absolute Gasteiger partial charge is 0.368 e. The van der Waals surface area contributed by atoms with Crippen molar-refractivity contribution < 1.29 is 0 Å². The van der Waals surface area contributed by atoms with E-state index in [0.29, 0.717) is 6.04 Å². The number of hydrogen-bond acceptors (Lipinski definition) is 1. The second-order valence-corrected chi connectivity index (χ2v) is 4.69. The first-order chi connectivity index (χ1) is 6.83. The quantitative estimate of drug-likeness (QED) is 0.732. The Morgan fingerprint density at radius 1 is 1.43 bits per heavy atom. The van der Waals surface area contributed by atoms with E-state index in [1.807, 2.05) is 0 Å². The molecule has 0 N–H and O–H groups in total. The summed E-state index contributed by atoms with van der Waals surface area (Å²) < 4.78 is 0. The Morgan fingerprint density at radius 2 is 2.21 bits per heavy atom. The molecule has 2 heteroatoms. The number of anilines is 1. The molecule has 0 fully saturated rings. The van der Waals surface area contributed by atoms with Gasteiger partial charge >= 0.3 is 0 Å². The van der Waals surface area contributed by atoms with Crippen molar-refractivity contribution in [2.45, 2.75) is 25.8 Å². The zero-order valence-corrected chi connectivity index (χ0v) is 10.1. The highest BCUT2D eigenvalue weighted by Gasteiger charge is 2.21. The van der Waals surface area contributed by atoms with Crippen molar-refractivity contribution in [3.8, 4) is 0 Å². The molecule has 2 rings (SSSR count). The van der Waals surface area contributed by atoms with Gasteiger partial charge in [0, 0.05) is 23.6 Å². The van der Waals surface area contributed by atoms with Crippen LogP contribution in [0.5, 0.6) is 0 Å². The summed E-state index contributed by atoms with van der Waals surface area (Å²) in [6.45, 7) is 3.43. The molecule has 1 nitrogen and oxygen atoms in total. The van der Waals surface area contributed by atoms with Crippen LogP contribution >= 0.6 is 15.9 Å². The van der Waals surface area contributed by atoms with Crippen molar-refractivity contribution in [2.75, 3.05) is 16.8 Å². The zero-order valence-electron chi connectivity index (χ0n) is 8.54. The van der Waals surface area contributed by atoms with Gasteiger partial charge in [0.05, 0.1) is 0 Å². The molecular weight excluding hydrogens is 238 g/mol. The molecule has 1 aromatic rings. The molecule has 0 spiro atoms. The minimum absolute atomic E-state index is 0.683. The summed E-state index contributed by atoms with van der Waals surface area (Å²) in [5.74, 6) is 0. The van der Waals surface area contributed by atoms with Crippen LogP contribution < -0.4 is 4.90 Å². The summed E-state index contributed by atoms with van der Waals surface area (Å²) in [7, 11) is 0. The number of hydrogen-bond donors (Lipinski definition) is 0. The third kappa shape index (κ3) is 1.81. The van der Waals surface area contributed by atoms with E-state index in [4.69, 9.17) is 0 Å². The molecule has 0 bridgehead atoms. The number of alkyl halides is 1. The number of benzene rings is 1. The Bertz CT molecular complexity index is 311. The van der Waals surface area contributed by atoms with Gasteiger partial charge in [-0.2, -0.15) is 0 Å². The molecule has 1 aliphatic rings. The van der Waals surface area contributed by atoms with Crippen molar-refractivity contribution in [2.24, 2.45) is 0 Å². The smallest absolute Gasteiger partial charge is 0.0401 e. The summed E-state index contributed by atoms with van der Waals surface area (Å²) >= 11 is 3.52. The Morgan fingerprint density at radius 3 is 3.00 bits per heavy atom. The molecule has 1 aliphatic heterocycles. The van der Waals surface area contributed by atoms with Gasteiger partial charge in [-0.3, -0.25) is 0 Å². The van der Waals surface area contributed by atoms with Gasteiger partial charge in [0.1, 0.15) is 0 Å². The molecule has 1 atom stereocenters. The van der Waals surface area contributed by atoms with Gasteiger partial charge in [0.2, 0.25) is 0 Å². The van der Waals surface area contributed by atoms with Gasteiger partial charge in [-0.05, 0) is 31.4 Å². The first kappa shape index (κ1) is 10.0. The first-order valence-electron chi connectivity index (χ1n) is 5.23. The molecule has 76 valence electrons. The van der Waals surface area contributed by atoms with Crippen molar-refractivity contribution in [1.82, 2.24) is 0 Å². The van der Waals surface area contributed by atoms with Crippen LogP contribution in [0.15, 0.2) is 24.3 Å². The SMILES string of the molecule is CC1CCc2ccccc2N1CCBr. The topological polar surface area (TPSA) is 3.24 Å². The van der Waals surface area contributed by atoms with Crippen LogP contribution in [0.4, 0.5) is 5.69 Å². The van der Waals surface area contributed by atoms with Gasteiger partial charge in [-0.25, -0.2) is 0 Å². The van der Waals surface area contributed by atoms with Crippen LogP contribution in [-0.2, 0) is 6.42 Å². The Kier molecular flexibility index (Phi) is 3.12. The molecule has 1 aromatic carbocycles. The Hall–Kier alpha value is -0.500. The second-order valence-electron chi connectivity index (χ2n) is 3.90. The summed E-state index contributed by atoms with van der Waals surface area (Å²) in [5, 5.41) is 1.05. The summed E-state index contributed by atoms with van der Waals surface area (Å²) in [6.07, 6.45) is 2.51. The summed E-state index contributed by atoms with van der Waals surface area (Å²) in [4.78, 5) is 2.51. The van der Waals surface area contributed by atoms with Crippen molar-refractivity contribution in [3.05, 3.63) is 29.8 Å². The fourth-order valence-corrected chi connectivity index (χ4v) is 2.57. The molecule has 0 aromatic heterocycles. The van der Waals surface area contributed by atoms with E-state index in [-0.39, 0.29) is 0 Å². The van der Waals surface area contributed by atoms with E-state index < -0.39 is 0 Å². The maximum absolute atomic E-state index is 3.52. The lowest BCUT2D eigenvalue weighted by Gasteiger charge is -2.36. The lowest BCUT2D eigenvalue weighted by Crippen LogP contribution is -2.38. The predicted molar refractivity (Wildman–Crippen MR) is 65.4 cm³/mol. The van der Waals surface area contributed by atoms with E-state index in [2.05, 4.69) is 52.0 Å². The monoisotopic (exact) mass is 253 g/mol. The maximum Gasteiger partial charge on any atom is 0.0401 e. The average Bonchev–Trinajstić information content (AvgIpc) is 2.23. The molecule has 1 heterocycles. The number of fused-ring (bicyclic) bond motifs is 1. The minimum Gasteiger partial charge on any atom is -0.368 e. The molecular formula is C12H16BrN. The van der Waals surface area contributed by atoms with E-state index in [0.717, 1.165) is 11.9 Å². The van der Waals surface area contributed by atoms with Crippen molar-refractivity contribution >= 4 is 21.6 Å². The highest BCUT2D eigenvalue weighted by molar-refractivity contribution is 9.09. The lowest BCUT2D eigenvalue weighted by atomic mass is 9.97. The molecule has 0 saturated carbocycles. The van der Waals surface area contributed by atoms with Crippen LogP contribution in [-0.4, -0.2) is 17.9 Å². The van der Waals surface area contributed by atoms with E-state index >= 15 is 0 Å². The van der Waals surface area contributed by atoms with Crippen LogP contribution in [0, 0.1) is 0 Å². The molecule has 14 heavy (non-hydrogen) atoms. The third-order valence-corrected chi connectivity index (χ3v) is 3.34. The highest BCUT2D eigenvalue weighted by Crippen LogP contribution is 2.29. The maximum atomic E-state index is 3.52. The number of halogens is 1. The van der Waals surface area contributed by atoms with Gasteiger partial charge in [0.15, 0.2) is 0 Å². The van der Waals surface area contributed by atoms with Gasteiger partial charge < -0.3 is 4.90 Å². The van der Waals surface area contributed by atoms with Crippen LogP contribution in [0.1, 0.15) is 18.9 Å². The van der Waals surface area contributed by atoms with Gasteiger partial charge in [0.25, 0.3) is 0 Å². The lowest BCUT2D eigenvalue weighted by molar-refractivity contribution is 0.575. The zero-order chi connectivity index (χ0) is 9.97. The van der Waals surface area contributed by atoms with E-state index in [1.165, 1.54) is 24.1 Å². The van der Waals surface area contributed by atoms with Crippen LogP contribution in [0.2, 0.25) is 0 Å². The molecule has 0 radical (unpaired) electrons. The van der Waals surface area contributed by atoms with E-state index in [1.54, 1.807) is 0 Å². The number of nitrogens with zero attached hydrogens (tertiary/aromatic N) is 1. The first-order valence-corrected chi connectivity index (χ1v) is 6.35. The second kappa shape index (κ2) is 4.35. The molecule has 0 aliphatic carbocycles. The fraction of sp³-hybridized carbons (Fsp3) is 0.500. The van der Waals surface area contributed by atoms with Gasteiger partial charge in [-0.1, -0.05) is 34.1 Å². The predicted octanol–water partition coefficient (Wildman–Crippen LogP) is 3.22. The van der Waals surface area contributed by atoms with Crippen molar-refractivity contribution in [1.29, 1.82) is 0 Å². The van der Waals surface area contributed by atoms with Crippen LogP contribution in [0.25, 0.3) is 0 Å². The molecule has 1 unspecified atom stereocenters. The molecule has 0 amide bonds. The third-order valence-electron chi connectivity index (χ3n) is 2.99. The number of aryl methyl sites for hydroxylation is 1.